The molecule has 3 rings (SSSR count). The van der Waals surface area contributed by atoms with Gasteiger partial charge in [-0.05, 0) is 29.8 Å². The number of phenols is 1. The van der Waals surface area contributed by atoms with E-state index in [0.29, 0.717) is 16.8 Å². The average molecular weight is 404 g/mol. The van der Waals surface area contributed by atoms with Gasteiger partial charge in [0.2, 0.25) is 6.54 Å². The Hall–Kier alpha value is -2.87. The SMILES string of the molecule is O=c1[nH][nH]c(-c2ccccc2O)c1[C@@H](C[N+](=O)[O-])c1ccc(Br)cc1. The predicted octanol–water partition coefficient (Wildman–Crippen LogP) is 3.25. The molecule has 0 amide bonds. The summed E-state index contributed by atoms with van der Waals surface area (Å²) in [6, 6.07) is 13.5. The normalized spacial score (nSPS) is 12.0. The summed E-state index contributed by atoms with van der Waals surface area (Å²) in [4.78, 5) is 23.1. The first-order chi connectivity index (χ1) is 12.0. The lowest BCUT2D eigenvalue weighted by Gasteiger charge is -2.14. The third-order valence-corrected chi connectivity index (χ3v) is 4.47. The van der Waals surface area contributed by atoms with Gasteiger partial charge in [-0.3, -0.25) is 25.1 Å². The molecule has 0 spiro atoms. The van der Waals surface area contributed by atoms with Crippen LogP contribution in [0.4, 0.5) is 0 Å². The lowest BCUT2D eigenvalue weighted by molar-refractivity contribution is -0.481. The Morgan fingerprint density at radius 1 is 1.12 bits per heavy atom. The standard InChI is InChI=1S/C17H14BrN3O4/c18-11-7-5-10(6-8-11)13(9-21(24)25)15-16(19-20-17(15)23)12-3-1-2-4-14(12)22/h1-8,13,22H,9H2,(H2,19,20,23)/t13-/m0/s1. The topological polar surface area (TPSA) is 112 Å². The first-order valence-electron chi connectivity index (χ1n) is 7.43. The third-order valence-electron chi connectivity index (χ3n) is 3.94. The van der Waals surface area contributed by atoms with Crippen molar-refractivity contribution in [2.75, 3.05) is 6.54 Å². The summed E-state index contributed by atoms with van der Waals surface area (Å²) in [6.45, 7) is -0.441. The molecule has 0 aliphatic heterocycles. The molecule has 0 radical (unpaired) electrons. The Kier molecular flexibility index (Phi) is 4.71. The van der Waals surface area contributed by atoms with Gasteiger partial charge in [0.1, 0.15) is 5.75 Å². The summed E-state index contributed by atoms with van der Waals surface area (Å²) >= 11 is 3.33. The molecule has 0 aliphatic rings. The number of halogens is 1. The van der Waals surface area contributed by atoms with Crippen LogP contribution in [0.5, 0.6) is 5.75 Å². The number of nitrogens with zero attached hydrogens (tertiary/aromatic N) is 1. The van der Waals surface area contributed by atoms with Gasteiger partial charge in [-0.15, -0.1) is 0 Å². The second-order valence-electron chi connectivity index (χ2n) is 5.50. The zero-order valence-corrected chi connectivity index (χ0v) is 14.5. The van der Waals surface area contributed by atoms with Crippen LogP contribution in [-0.2, 0) is 0 Å². The maximum atomic E-state index is 12.4. The number of phenolic OH excluding ortho intramolecular Hbond substituents is 1. The van der Waals surface area contributed by atoms with Gasteiger partial charge in [-0.25, -0.2) is 0 Å². The molecular weight excluding hydrogens is 390 g/mol. The van der Waals surface area contributed by atoms with Gasteiger partial charge in [-0.2, -0.15) is 0 Å². The van der Waals surface area contributed by atoms with E-state index in [4.69, 9.17) is 0 Å². The highest BCUT2D eigenvalue weighted by atomic mass is 79.9. The molecule has 1 aromatic heterocycles. The lowest BCUT2D eigenvalue weighted by Crippen LogP contribution is -2.20. The average Bonchev–Trinajstić information content (AvgIpc) is 2.95. The molecular formula is C17H14BrN3O4. The molecule has 1 atom stereocenters. The van der Waals surface area contributed by atoms with Crippen LogP contribution >= 0.6 is 15.9 Å². The Labute approximate surface area is 150 Å². The van der Waals surface area contributed by atoms with E-state index in [1.807, 2.05) is 0 Å². The van der Waals surface area contributed by atoms with Crippen LogP contribution in [0.15, 0.2) is 57.8 Å². The number of hydrogen-bond acceptors (Lipinski definition) is 4. The highest BCUT2D eigenvalue weighted by Crippen LogP contribution is 2.34. The third kappa shape index (κ3) is 3.48. The number of benzene rings is 2. The molecule has 128 valence electrons. The zero-order valence-electron chi connectivity index (χ0n) is 12.9. The molecule has 0 saturated carbocycles. The molecule has 2 aromatic carbocycles. The fraction of sp³-hybridized carbons (Fsp3) is 0.118. The fourth-order valence-corrected chi connectivity index (χ4v) is 3.07. The van der Waals surface area contributed by atoms with E-state index in [1.54, 1.807) is 42.5 Å². The van der Waals surface area contributed by atoms with E-state index in [2.05, 4.69) is 26.1 Å². The minimum atomic E-state index is -0.757. The number of hydrogen-bond donors (Lipinski definition) is 3. The molecule has 25 heavy (non-hydrogen) atoms. The Bertz CT molecular complexity index is 963. The minimum Gasteiger partial charge on any atom is -0.507 e. The van der Waals surface area contributed by atoms with Crippen molar-refractivity contribution in [1.82, 2.24) is 10.2 Å². The van der Waals surface area contributed by atoms with E-state index in [1.165, 1.54) is 6.07 Å². The number of nitro groups is 1. The van der Waals surface area contributed by atoms with Crippen molar-refractivity contribution >= 4 is 15.9 Å². The van der Waals surface area contributed by atoms with Crippen LogP contribution in [0, 0.1) is 10.1 Å². The van der Waals surface area contributed by atoms with Gasteiger partial charge >= 0.3 is 0 Å². The number of aromatic hydroxyl groups is 1. The maximum Gasteiger partial charge on any atom is 0.268 e. The van der Waals surface area contributed by atoms with Crippen molar-refractivity contribution in [2.24, 2.45) is 0 Å². The van der Waals surface area contributed by atoms with Gasteiger partial charge < -0.3 is 5.11 Å². The summed E-state index contributed by atoms with van der Waals surface area (Å²) in [7, 11) is 0. The highest BCUT2D eigenvalue weighted by molar-refractivity contribution is 9.10. The van der Waals surface area contributed by atoms with Crippen LogP contribution in [-0.4, -0.2) is 26.8 Å². The van der Waals surface area contributed by atoms with Crippen molar-refractivity contribution in [2.45, 2.75) is 5.92 Å². The maximum absolute atomic E-state index is 12.4. The zero-order chi connectivity index (χ0) is 18.0. The van der Waals surface area contributed by atoms with Crippen LogP contribution in [0.25, 0.3) is 11.3 Å². The Morgan fingerprint density at radius 3 is 2.44 bits per heavy atom. The van der Waals surface area contributed by atoms with Gasteiger partial charge in [0.25, 0.3) is 5.56 Å². The summed E-state index contributed by atoms with van der Waals surface area (Å²) in [5, 5.41) is 26.5. The molecule has 1 heterocycles. The molecule has 0 fully saturated rings. The van der Waals surface area contributed by atoms with E-state index in [9.17, 15) is 20.0 Å². The van der Waals surface area contributed by atoms with Crippen LogP contribution < -0.4 is 5.56 Å². The lowest BCUT2D eigenvalue weighted by atomic mass is 9.89. The van der Waals surface area contributed by atoms with E-state index >= 15 is 0 Å². The molecule has 0 bridgehead atoms. The second kappa shape index (κ2) is 6.94. The molecule has 7 nitrogen and oxygen atoms in total. The Morgan fingerprint density at radius 2 is 1.80 bits per heavy atom. The number of aromatic amines is 2. The highest BCUT2D eigenvalue weighted by Gasteiger charge is 2.28. The number of nitrogens with one attached hydrogen (secondary N) is 2. The molecule has 0 unspecified atom stereocenters. The fourth-order valence-electron chi connectivity index (χ4n) is 2.80. The smallest absolute Gasteiger partial charge is 0.268 e. The molecule has 0 aliphatic carbocycles. The van der Waals surface area contributed by atoms with Crippen molar-refractivity contribution in [3.8, 4) is 17.0 Å². The quantitative estimate of drug-likeness (QED) is 0.448. The van der Waals surface area contributed by atoms with E-state index < -0.39 is 22.9 Å². The minimum absolute atomic E-state index is 0.0188. The van der Waals surface area contributed by atoms with Crippen LogP contribution in [0.1, 0.15) is 17.0 Å². The molecule has 0 saturated heterocycles. The number of aromatic nitrogens is 2. The molecule has 3 N–H and O–H groups in total. The van der Waals surface area contributed by atoms with Crippen molar-refractivity contribution in [1.29, 1.82) is 0 Å². The first kappa shape index (κ1) is 17.0. The van der Waals surface area contributed by atoms with Gasteiger partial charge in [0.05, 0.1) is 17.2 Å². The molecule has 8 heteroatoms. The van der Waals surface area contributed by atoms with Gasteiger partial charge in [0.15, 0.2) is 0 Å². The summed E-state index contributed by atoms with van der Waals surface area (Å²) in [6.07, 6.45) is 0. The molecule has 3 aromatic rings. The number of rotatable bonds is 5. The summed E-state index contributed by atoms with van der Waals surface area (Å²) in [5.74, 6) is -0.776. The number of H-pyrrole nitrogens is 2. The van der Waals surface area contributed by atoms with Crippen molar-refractivity contribution in [3.05, 3.63) is 84.6 Å². The van der Waals surface area contributed by atoms with Gasteiger partial charge in [0, 0.05) is 15.0 Å². The first-order valence-corrected chi connectivity index (χ1v) is 8.23. The summed E-state index contributed by atoms with van der Waals surface area (Å²) < 4.78 is 0.833. The summed E-state index contributed by atoms with van der Waals surface area (Å²) in [5.41, 5.74) is 1.16. The van der Waals surface area contributed by atoms with E-state index in [0.717, 1.165) is 4.47 Å². The van der Waals surface area contributed by atoms with Gasteiger partial charge in [-0.1, -0.05) is 40.2 Å². The number of para-hydroxylation sites is 1. The monoisotopic (exact) mass is 403 g/mol. The van der Waals surface area contributed by atoms with Crippen LogP contribution in [0.3, 0.4) is 0 Å². The largest absolute Gasteiger partial charge is 0.507 e. The predicted molar refractivity (Wildman–Crippen MR) is 96.4 cm³/mol. The second-order valence-corrected chi connectivity index (χ2v) is 6.42. The van der Waals surface area contributed by atoms with Crippen molar-refractivity contribution < 1.29 is 10.0 Å². The van der Waals surface area contributed by atoms with Crippen molar-refractivity contribution in [3.63, 3.8) is 0 Å². The Balaban J connectivity index is 2.18. The van der Waals surface area contributed by atoms with Crippen LogP contribution in [0.2, 0.25) is 0 Å². The van der Waals surface area contributed by atoms with E-state index in [-0.39, 0.29) is 11.3 Å².